The van der Waals surface area contributed by atoms with Crippen molar-refractivity contribution in [3.8, 4) is 5.75 Å². The number of nitrogens with zero attached hydrogens (tertiary/aromatic N) is 1. The maximum atomic E-state index is 12.8. The van der Waals surface area contributed by atoms with Crippen molar-refractivity contribution >= 4 is 23.2 Å². The molecule has 1 aliphatic rings. The molecule has 1 aliphatic heterocycles. The van der Waals surface area contributed by atoms with Crippen molar-refractivity contribution in [3.05, 3.63) is 66.7 Å². The minimum absolute atomic E-state index is 0.0540. The highest BCUT2D eigenvalue weighted by Crippen LogP contribution is 2.23. The van der Waals surface area contributed by atoms with Crippen LogP contribution in [0.1, 0.15) is 36.0 Å². The minimum Gasteiger partial charge on any atom is -0.487 e. The Bertz CT molecular complexity index is 874. The topological polar surface area (TPSA) is 70.7 Å². The lowest BCUT2D eigenvalue weighted by atomic mass is 10.1. The van der Waals surface area contributed by atoms with E-state index < -0.39 is 0 Å². The third kappa shape index (κ3) is 6.11. The Balaban J connectivity index is 1.57. The number of amides is 2. The van der Waals surface area contributed by atoms with Crippen molar-refractivity contribution in [2.45, 2.75) is 25.7 Å². The van der Waals surface area contributed by atoms with Crippen LogP contribution in [0.3, 0.4) is 0 Å². The van der Waals surface area contributed by atoms with E-state index in [9.17, 15) is 9.59 Å². The zero-order valence-corrected chi connectivity index (χ0v) is 17.2. The lowest BCUT2D eigenvalue weighted by Crippen LogP contribution is -2.31. The molecule has 6 nitrogen and oxygen atoms in total. The van der Waals surface area contributed by atoms with Crippen LogP contribution >= 0.6 is 0 Å². The number of anilines is 2. The van der Waals surface area contributed by atoms with E-state index in [1.807, 2.05) is 41.3 Å². The lowest BCUT2D eigenvalue weighted by molar-refractivity contribution is -0.114. The Labute approximate surface area is 177 Å². The third-order valence-electron chi connectivity index (χ3n) is 4.97. The van der Waals surface area contributed by atoms with Crippen LogP contribution in [0.5, 0.6) is 5.75 Å². The fourth-order valence-corrected chi connectivity index (χ4v) is 3.44. The van der Waals surface area contributed by atoms with Crippen molar-refractivity contribution in [2.75, 3.05) is 36.9 Å². The summed E-state index contributed by atoms with van der Waals surface area (Å²) in [6.07, 6.45) is 6.13. The molecule has 0 saturated carbocycles. The molecule has 0 unspecified atom stereocenters. The van der Waals surface area contributed by atoms with Crippen LogP contribution in [-0.4, -0.2) is 43.0 Å². The lowest BCUT2D eigenvalue weighted by Gasteiger charge is -2.20. The molecular formula is C24H29N3O3. The van der Waals surface area contributed by atoms with Crippen LogP contribution in [0.2, 0.25) is 0 Å². The summed E-state index contributed by atoms with van der Waals surface area (Å²) in [4.78, 5) is 27.1. The van der Waals surface area contributed by atoms with Gasteiger partial charge in [-0.15, -0.1) is 0 Å². The van der Waals surface area contributed by atoms with Crippen LogP contribution < -0.4 is 15.4 Å². The molecule has 6 heteroatoms. The number of carbonyl (C=O) groups is 2. The van der Waals surface area contributed by atoms with Gasteiger partial charge in [-0.3, -0.25) is 9.59 Å². The summed E-state index contributed by atoms with van der Waals surface area (Å²) in [5.41, 5.74) is 1.99. The number of rotatable bonds is 8. The van der Waals surface area contributed by atoms with Gasteiger partial charge in [-0.25, -0.2) is 0 Å². The maximum Gasteiger partial charge on any atom is 0.253 e. The van der Waals surface area contributed by atoms with Crippen molar-refractivity contribution in [1.29, 1.82) is 0 Å². The second-order valence-electron chi connectivity index (χ2n) is 7.28. The SMILES string of the molecule is C=CCOc1ccccc1NC(=O)CNc1cccc(C(=O)N2CCCCCC2)c1. The van der Waals surface area contributed by atoms with Crippen LogP contribution in [0.25, 0.3) is 0 Å². The molecule has 1 fully saturated rings. The molecule has 0 aliphatic carbocycles. The maximum absolute atomic E-state index is 12.8. The van der Waals surface area contributed by atoms with E-state index >= 15 is 0 Å². The molecule has 2 amide bonds. The van der Waals surface area contributed by atoms with E-state index in [-0.39, 0.29) is 18.4 Å². The summed E-state index contributed by atoms with van der Waals surface area (Å²) in [5, 5.41) is 5.95. The van der Waals surface area contributed by atoms with E-state index in [4.69, 9.17) is 4.74 Å². The smallest absolute Gasteiger partial charge is 0.253 e. The highest BCUT2D eigenvalue weighted by atomic mass is 16.5. The fraction of sp³-hybridized carbons (Fsp3) is 0.333. The van der Waals surface area contributed by atoms with Gasteiger partial charge < -0.3 is 20.3 Å². The van der Waals surface area contributed by atoms with Gasteiger partial charge in [0.1, 0.15) is 12.4 Å². The van der Waals surface area contributed by atoms with Gasteiger partial charge in [0, 0.05) is 24.3 Å². The molecule has 30 heavy (non-hydrogen) atoms. The quantitative estimate of drug-likeness (QED) is 0.640. The fourth-order valence-electron chi connectivity index (χ4n) is 3.44. The van der Waals surface area contributed by atoms with Crippen molar-refractivity contribution < 1.29 is 14.3 Å². The normalized spacial score (nSPS) is 13.8. The Kier molecular flexibility index (Phi) is 7.89. The largest absolute Gasteiger partial charge is 0.487 e. The van der Waals surface area contributed by atoms with E-state index in [1.165, 1.54) is 12.8 Å². The Morgan fingerprint density at radius 1 is 1.03 bits per heavy atom. The number of ether oxygens (including phenoxy) is 1. The summed E-state index contributed by atoms with van der Waals surface area (Å²) in [6.45, 7) is 5.70. The number of likely N-dealkylation sites (tertiary alicyclic amines) is 1. The van der Waals surface area contributed by atoms with Gasteiger partial charge in [-0.2, -0.15) is 0 Å². The Morgan fingerprint density at radius 2 is 1.80 bits per heavy atom. The molecule has 3 rings (SSSR count). The molecule has 2 aromatic rings. The molecular weight excluding hydrogens is 378 g/mol. The van der Waals surface area contributed by atoms with Gasteiger partial charge in [0.25, 0.3) is 5.91 Å². The highest BCUT2D eigenvalue weighted by molar-refractivity contribution is 5.96. The van der Waals surface area contributed by atoms with E-state index in [1.54, 1.807) is 18.2 Å². The molecule has 1 heterocycles. The van der Waals surface area contributed by atoms with Gasteiger partial charge in [0.05, 0.1) is 12.2 Å². The van der Waals surface area contributed by atoms with E-state index in [0.29, 0.717) is 23.6 Å². The number of benzene rings is 2. The minimum atomic E-state index is -0.200. The first-order valence-electron chi connectivity index (χ1n) is 10.4. The predicted octanol–water partition coefficient (Wildman–Crippen LogP) is 4.32. The summed E-state index contributed by atoms with van der Waals surface area (Å²) in [5.74, 6) is 0.447. The second-order valence-corrected chi connectivity index (χ2v) is 7.28. The first-order chi connectivity index (χ1) is 14.7. The van der Waals surface area contributed by atoms with Crippen molar-refractivity contribution in [2.24, 2.45) is 0 Å². The van der Waals surface area contributed by atoms with Gasteiger partial charge >= 0.3 is 0 Å². The standard InChI is InChI=1S/C24H29N3O3/c1-2-16-30-22-13-6-5-12-21(22)26-23(28)18-25-20-11-9-10-19(17-20)24(29)27-14-7-3-4-8-15-27/h2,5-6,9-13,17,25H,1,3-4,7-8,14-16,18H2,(H,26,28). The first-order valence-corrected chi connectivity index (χ1v) is 10.4. The Morgan fingerprint density at radius 3 is 2.57 bits per heavy atom. The highest BCUT2D eigenvalue weighted by Gasteiger charge is 2.17. The number of hydrogen-bond acceptors (Lipinski definition) is 4. The zero-order valence-electron chi connectivity index (χ0n) is 17.2. The summed E-state index contributed by atoms with van der Waals surface area (Å²) in [6, 6.07) is 14.6. The molecule has 0 radical (unpaired) electrons. The Hall–Kier alpha value is -3.28. The number of nitrogens with one attached hydrogen (secondary N) is 2. The number of para-hydroxylation sites is 2. The number of carbonyl (C=O) groups excluding carboxylic acids is 2. The monoisotopic (exact) mass is 407 g/mol. The van der Waals surface area contributed by atoms with Crippen LogP contribution in [0.4, 0.5) is 11.4 Å². The van der Waals surface area contributed by atoms with Crippen molar-refractivity contribution in [3.63, 3.8) is 0 Å². The summed E-state index contributed by atoms with van der Waals surface area (Å²) in [7, 11) is 0. The molecule has 0 bridgehead atoms. The molecule has 0 spiro atoms. The summed E-state index contributed by atoms with van der Waals surface area (Å²) < 4.78 is 5.56. The third-order valence-corrected chi connectivity index (χ3v) is 4.97. The van der Waals surface area contributed by atoms with Gasteiger partial charge in [-0.1, -0.05) is 43.7 Å². The summed E-state index contributed by atoms with van der Waals surface area (Å²) >= 11 is 0. The van der Waals surface area contributed by atoms with Crippen LogP contribution in [-0.2, 0) is 4.79 Å². The van der Waals surface area contributed by atoms with E-state index in [2.05, 4.69) is 17.2 Å². The first kappa shape index (κ1) is 21.4. The molecule has 0 aromatic heterocycles. The van der Waals surface area contributed by atoms with Gasteiger partial charge in [0.15, 0.2) is 0 Å². The van der Waals surface area contributed by atoms with Crippen LogP contribution in [0, 0.1) is 0 Å². The average molecular weight is 408 g/mol. The number of hydrogen-bond donors (Lipinski definition) is 2. The molecule has 158 valence electrons. The predicted molar refractivity (Wildman–Crippen MR) is 120 cm³/mol. The molecule has 0 atom stereocenters. The van der Waals surface area contributed by atoms with Gasteiger partial charge in [0.2, 0.25) is 5.91 Å². The molecule has 1 saturated heterocycles. The average Bonchev–Trinajstić information content (AvgIpc) is 3.06. The zero-order chi connectivity index (χ0) is 21.2. The second kappa shape index (κ2) is 11.0. The van der Waals surface area contributed by atoms with Gasteiger partial charge in [-0.05, 0) is 43.2 Å². The van der Waals surface area contributed by atoms with Crippen LogP contribution in [0.15, 0.2) is 61.2 Å². The molecule has 2 N–H and O–H groups in total. The van der Waals surface area contributed by atoms with E-state index in [0.717, 1.165) is 31.6 Å². The molecule has 2 aromatic carbocycles. The van der Waals surface area contributed by atoms with Crippen molar-refractivity contribution in [1.82, 2.24) is 4.90 Å².